The van der Waals surface area contributed by atoms with Crippen molar-refractivity contribution >= 4 is 17.4 Å². The Morgan fingerprint density at radius 1 is 1.38 bits per heavy atom. The van der Waals surface area contributed by atoms with Crippen molar-refractivity contribution in [1.29, 1.82) is 0 Å². The highest BCUT2D eigenvalue weighted by atomic mass is 16.2. The van der Waals surface area contributed by atoms with Crippen LogP contribution < -0.4 is 16.5 Å². The van der Waals surface area contributed by atoms with Crippen molar-refractivity contribution in [3.05, 3.63) is 29.8 Å². The molecule has 0 aliphatic carbocycles. The van der Waals surface area contributed by atoms with Gasteiger partial charge in [0.05, 0.1) is 0 Å². The summed E-state index contributed by atoms with van der Waals surface area (Å²) in [5.41, 5.74) is 10.2. The average Bonchev–Trinajstić information content (AvgIpc) is 2.29. The third-order valence-electron chi connectivity index (χ3n) is 1.95. The lowest BCUT2D eigenvalue weighted by Gasteiger charge is -2.04. The molecule has 0 bridgehead atoms. The lowest BCUT2D eigenvalue weighted by Crippen LogP contribution is -2.26. The molecule has 1 aromatic carbocycles. The van der Waals surface area contributed by atoms with Gasteiger partial charge >= 0.3 is 6.03 Å². The summed E-state index contributed by atoms with van der Waals surface area (Å²) >= 11 is 0. The minimum atomic E-state index is -0.378. The van der Waals surface area contributed by atoms with Crippen LogP contribution in [0, 0.1) is 6.92 Å². The number of rotatable bonds is 3. The van der Waals surface area contributed by atoms with Crippen molar-refractivity contribution in [3.8, 4) is 0 Å². The van der Waals surface area contributed by atoms with E-state index in [-0.39, 0.29) is 6.03 Å². The highest BCUT2D eigenvalue weighted by Crippen LogP contribution is 2.07. The Bertz CT molecular complexity index is 383. The number of amides is 2. The average molecular weight is 220 g/mol. The second kappa shape index (κ2) is 5.87. The fourth-order valence-electron chi connectivity index (χ4n) is 0.988. The molecule has 0 saturated carbocycles. The Labute approximate surface area is 94.7 Å². The van der Waals surface area contributed by atoms with Crippen molar-refractivity contribution in [2.45, 2.75) is 13.8 Å². The number of anilines is 1. The number of hydrogen-bond donors (Lipinski definition) is 3. The number of nitrogens with zero attached hydrogens (tertiary/aromatic N) is 1. The third kappa shape index (κ3) is 4.10. The van der Waals surface area contributed by atoms with E-state index in [0.717, 1.165) is 11.3 Å². The van der Waals surface area contributed by atoms with Crippen LogP contribution in [0.2, 0.25) is 0 Å². The lowest BCUT2D eigenvalue weighted by molar-refractivity contribution is 0.252. The summed E-state index contributed by atoms with van der Waals surface area (Å²) in [6.45, 7) is 4.05. The van der Waals surface area contributed by atoms with E-state index in [2.05, 4.69) is 15.8 Å². The highest BCUT2D eigenvalue weighted by Gasteiger charge is 1.99. The van der Waals surface area contributed by atoms with Crippen molar-refractivity contribution in [2.24, 2.45) is 10.8 Å². The molecule has 1 rings (SSSR count). The van der Waals surface area contributed by atoms with Gasteiger partial charge < -0.3 is 11.1 Å². The van der Waals surface area contributed by atoms with Crippen molar-refractivity contribution in [1.82, 2.24) is 5.43 Å². The summed E-state index contributed by atoms with van der Waals surface area (Å²) in [5, 5.41) is 6.44. The standard InChI is InChI=1S/C11H16N4O/c1-8-3-5-10(6-4-8)13-11(16)15-14-9(2)7-12/h3-6H,7,12H2,1-2H3,(H2,13,15,16)/b14-9+. The van der Waals surface area contributed by atoms with Crippen LogP contribution in [0.25, 0.3) is 0 Å². The molecule has 0 atom stereocenters. The molecule has 0 unspecified atom stereocenters. The molecule has 0 saturated heterocycles. The molecular weight excluding hydrogens is 204 g/mol. The first-order valence-electron chi connectivity index (χ1n) is 4.98. The van der Waals surface area contributed by atoms with E-state index >= 15 is 0 Å². The summed E-state index contributed by atoms with van der Waals surface area (Å²) in [5.74, 6) is 0. The van der Waals surface area contributed by atoms with Crippen molar-refractivity contribution < 1.29 is 4.79 Å². The molecule has 0 spiro atoms. The zero-order valence-corrected chi connectivity index (χ0v) is 9.45. The first kappa shape index (κ1) is 12.2. The van der Waals surface area contributed by atoms with E-state index in [1.165, 1.54) is 0 Å². The van der Waals surface area contributed by atoms with Crippen LogP contribution in [-0.2, 0) is 0 Å². The van der Waals surface area contributed by atoms with Gasteiger partial charge in [0.15, 0.2) is 0 Å². The van der Waals surface area contributed by atoms with Crippen molar-refractivity contribution in [2.75, 3.05) is 11.9 Å². The Morgan fingerprint density at radius 3 is 2.56 bits per heavy atom. The molecule has 0 aliphatic heterocycles. The molecule has 4 N–H and O–H groups in total. The molecule has 1 aromatic rings. The Balaban J connectivity index is 2.49. The number of benzene rings is 1. The van der Waals surface area contributed by atoms with Gasteiger partial charge in [0.2, 0.25) is 0 Å². The molecule has 86 valence electrons. The van der Waals surface area contributed by atoms with Crippen LogP contribution in [-0.4, -0.2) is 18.3 Å². The smallest absolute Gasteiger partial charge is 0.325 e. The fourth-order valence-corrected chi connectivity index (χ4v) is 0.988. The Kier molecular flexibility index (Phi) is 4.47. The van der Waals surface area contributed by atoms with E-state index in [0.29, 0.717) is 12.3 Å². The summed E-state index contributed by atoms with van der Waals surface area (Å²) < 4.78 is 0. The van der Waals surface area contributed by atoms with Crippen LogP contribution in [0.15, 0.2) is 29.4 Å². The number of hydrazone groups is 1. The van der Waals surface area contributed by atoms with Gasteiger partial charge in [-0.15, -0.1) is 0 Å². The van der Waals surface area contributed by atoms with Crippen molar-refractivity contribution in [3.63, 3.8) is 0 Å². The maximum atomic E-state index is 11.3. The Morgan fingerprint density at radius 2 is 2.00 bits per heavy atom. The minimum absolute atomic E-state index is 0.324. The van der Waals surface area contributed by atoms with E-state index in [1.807, 2.05) is 31.2 Å². The van der Waals surface area contributed by atoms with Crippen LogP contribution in [0.3, 0.4) is 0 Å². The van der Waals surface area contributed by atoms with Gasteiger partial charge in [-0.2, -0.15) is 5.10 Å². The number of hydrogen-bond acceptors (Lipinski definition) is 3. The quantitative estimate of drug-likeness (QED) is 0.532. The number of carbonyl (C=O) groups excluding carboxylic acids is 1. The zero-order chi connectivity index (χ0) is 12.0. The largest absolute Gasteiger partial charge is 0.339 e. The molecule has 0 aromatic heterocycles. The normalized spacial score (nSPS) is 11.1. The van der Waals surface area contributed by atoms with E-state index in [1.54, 1.807) is 6.92 Å². The number of urea groups is 1. The van der Waals surface area contributed by atoms with Gasteiger partial charge in [0.1, 0.15) is 0 Å². The molecule has 0 heterocycles. The zero-order valence-electron chi connectivity index (χ0n) is 9.45. The van der Waals surface area contributed by atoms with Gasteiger partial charge in [-0.05, 0) is 26.0 Å². The molecule has 0 aliphatic rings. The molecule has 2 amide bonds. The van der Waals surface area contributed by atoms with E-state index < -0.39 is 0 Å². The minimum Gasteiger partial charge on any atom is -0.325 e. The van der Waals surface area contributed by atoms with Gasteiger partial charge in [-0.1, -0.05) is 17.7 Å². The van der Waals surface area contributed by atoms with Gasteiger partial charge in [-0.25, -0.2) is 10.2 Å². The number of nitrogens with two attached hydrogens (primary N) is 1. The predicted octanol–water partition coefficient (Wildman–Crippen LogP) is 1.45. The summed E-state index contributed by atoms with van der Waals surface area (Å²) in [7, 11) is 0. The maximum absolute atomic E-state index is 11.3. The van der Waals surface area contributed by atoms with Gasteiger partial charge in [0.25, 0.3) is 0 Å². The molecule has 0 radical (unpaired) electrons. The van der Waals surface area contributed by atoms with Crippen LogP contribution in [0.5, 0.6) is 0 Å². The second-order valence-corrected chi connectivity index (χ2v) is 3.48. The van der Waals surface area contributed by atoms with E-state index in [4.69, 9.17) is 5.73 Å². The summed E-state index contributed by atoms with van der Waals surface area (Å²) in [4.78, 5) is 11.3. The van der Waals surface area contributed by atoms with E-state index in [9.17, 15) is 4.79 Å². The van der Waals surface area contributed by atoms with Crippen LogP contribution >= 0.6 is 0 Å². The Hall–Kier alpha value is -1.88. The second-order valence-electron chi connectivity index (χ2n) is 3.48. The highest BCUT2D eigenvalue weighted by molar-refractivity contribution is 5.91. The molecular formula is C11H16N4O. The number of aryl methyl sites for hydroxylation is 1. The summed E-state index contributed by atoms with van der Waals surface area (Å²) in [6.07, 6.45) is 0. The maximum Gasteiger partial charge on any atom is 0.339 e. The molecule has 5 nitrogen and oxygen atoms in total. The van der Waals surface area contributed by atoms with Gasteiger partial charge in [-0.3, -0.25) is 0 Å². The van der Waals surface area contributed by atoms with Gasteiger partial charge in [0, 0.05) is 17.9 Å². The monoisotopic (exact) mass is 220 g/mol. The molecule has 5 heteroatoms. The fraction of sp³-hybridized carbons (Fsp3) is 0.273. The SMILES string of the molecule is C/C(CN)=N\NC(=O)Nc1ccc(C)cc1. The predicted molar refractivity (Wildman–Crippen MR) is 65.5 cm³/mol. The first-order chi connectivity index (χ1) is 7.61. The lowest BCUT2D eigenvalue weighted by atomic mass is 10.2. The summed E-state index contributed by atoms with van der Waals surface area (Å²) in [6, 6.07) is 7.12. The topological polar surface area (TPSA) is 79.5 Å². The molecule has 16 heavy (non-hydrogen) atoms. The van der Waals surface area contributed by atoms with Crippen LogP contribution in [0.4, 0.5) is 10.5 Å². The van der Waals surface area contributed by atoms with Crippen LogP contribution in [0.1, 0.15) is 12.5 Å². The number of carbonyl (C=O) groups is 1. The third-order valence-corrected chi connectivity index (χ3v) is 1.95. The number of nitrogens with one attached hydrogen (secondary N) is 2. The first-order valence-corrected chi connectivity index (χ1v) is 4.98. The molecule has 0 fully saturated rings.